The fourth-order valence-corrected chi connectivity index (χ4v) is 18.9. The molecule has 0 bridgehead atoms. The van der Waals surface area contributed by atoms with Gasteiger partial charge < -0.3 is 84.6 Å². The molecule has 131 heavy (non-hydrogen) atoms. The Morgan fingerprint density at radius 1 is 0.481 bits per heavy atom. The van der Waals surface area contributed by atoms with Crippen molar-refractivity contribution in [2.45, 2.75) is 183 Å². The summed E-state index contributed by atoms with van der Waals surface area (Å²) in [7, 11) is 0. The second-order valence-corrected chi connectivity index (χ2v) is 35.8. The molecule has 15 heterocycles. The van der Waals surface area contributed by atoms with Crippen LogP contribution < -0.4 is 66.5 Å². The van der Waals surface area contributed by atoms with E-state index in [1.165, 1.54) is 0 Å². The predicted octanol–water partition coefficient (Wildman–Crippen LogP) is 15.0. The molecule has 6 saturated heterocycles. The first-order valence-corrected chi connectivity index (χ1v) is 43.4. The van der Waals surface area contributed by atoms with Crippen LogP contribution in [0.2, 0.25) is 0 Å². The number of anilines is 3. The first kappa shape index (κ1) is 102. The third-order valence-electron chi connectivity index (χ3n) is 22.7. The van der Waals surface area contributed by atoms with Crippen molar-refractivity contribution in [2.24, 2.45) is 106 Å². The van der Waals surface area contributed by atoms with Crippen LogP contribution in [0, 0.1) is 27.8 Å². The van der Waals surface area contributed by atoms with Gasteiger partial charge in [-0.15, -0.1) is 6.20 Å². The van der Waals surface area contributed by atoms with Crippen LogP contribution in [-0.2, 0) is 37.2 Å². The van der Waals surface area contributed by atoms with Crippen molar-refractivity contribution < 1.29 is 62.8 Å². The maximum Gasteiger partial charge on any atom is 1.00 e. The van der Waals surface area contributed by atoms with Crippen LogP contribution in [0.3, 0.4) is 0 Å². The van der Waals surface area contributed by atoms with Crippen molar-refractivity contribution in [3.63, 3.8) is 0 Å². The Hall–Kier alpha value is -11.3. The number of carbonyl (C=O) groups excluding carboxylic acids is 2. The summed E-state index contributed by atoms with van der Waals surface area (Å²) in [6.07, 6.45) is 27.3. The molecule has 0 radical (unpaired) electrons. The van der Waals surface area contributed by atoms with Crippen LogP contribution in [0.25, 0.3) is 49.7 Å². The summed E-state index contributed by atoms with van der Waals surface area (Å²) in [5, 5.41) is 52.9. The molecule has 3 aromatic carbocycles. The minimum atomic E-state index is -0.542. The first-order chi connectivity index (χ1) is 61.4. The number of hydrogen-bond acceptors (Lipinski definition) is 25. The summed E-state index contributed by atoms with van der Waals surface area (Å²) in [5.74, 6) is 7.28. The van der Waals surface area contributed by atoms with Gasteiger partial charge in [0.1, 0.15) is 11.2 Å². The molecule has 47 heteroatoms. The maximum atomic E-state index is 12.6. The van der Waals surface area contributed by atoms with Crippen LogP contribution in [0.1, 0.15) is 116 Å². The molecule has 18 rings (SSSR count). The number of pyridine rings is 3. The van der Waals surface area contributed by atoms with Crippen molar-refractivity contribution in [3.05, 3.63) is 176 Å². The van der Waals surface area contributed by atoms with Gasteiger partial charge in [-0.2, -0.15) is 5.53 Å². The number of thiol groups is 1. The zero-order chi connectivity index (χ0) is 89.1. The van der Waals surface area contributed by atoms with Crippen molar-refractivity contribution in [3.8, 4) is 0 Å². The predicted molar refractivity (Wildman–Crippen MR) is 497 cm³/mol. The summed E-state index contributed by atoms with van der Waals surface area (Å²) in [5.41, 5.74) is 17.1. The molecule has 6 aliphatic heterocycles. The van der Waals surface area contributed by atoms with Crippen LogP contribution in [-0.4, -0.2) is 177 Å². The summed E-state index contributed by atoms with van der Waals surface area (Å²) < 4.78 is 36.2. The zero-order valence-electron chi connectivity index (χ0n) is 72.7. The molecule has 3 spiro atoms. The SMILES string of the molecule is Brc1ccnc2ccccc12.C.C.C[C@@H]1OCC2(CCN(c3nc[c-]c4nccn34)CC2)[C@@H]1NC(=O)OC(C)(C)C.C[C@@H]1OCC2(CCN(c3ncc(Sc4ccnc5ccccc45)c4nccn34)CC2)[C@@H]1N.C[C@@H]1OCC2(CCN(c3ncc(Sc4ccnc5ccccc45)c4nccn34)CC2)[C@@H]1NC(=O)OC(C)(C)C.N=N/N=N/N=N/N=N/N=N/N=N/N=N/N=N/N.[Na+].[SH-]. The molecule has 42 nitrogen and oxygen atoms in total. The fraction of sp³-hybridized carbons (Fsp3) is 0.440. The number of rotatable bonds is 16. The number of imidazole rings is 3. The van der Waals surface area contributed by atoms with Crippen molar-refractivity contribution in [1.82, 2.24) is 68.7 Å². The first-order valence-electron chi connectivity index (χ1n) is 41.0. The van der Waals surface area contributed by atoms with E-state index >= 15 is 0 Å². The molecule has 686 valence electrons. The summed E-state index contributed by atoms with van der Waals surface area (Å²) in [6.45, 7) is 24.6. The van der Waals surface area contributed by atoms with Gasteiger partial charge in [0, 0.05) is 160 Å². The van der Waals surface area contributed by atoms with Crippen LogP contribution >= 0.6 is 39.5 Å². The van der Waals surface area contributed by atoms with E-state index in [-0.39, 0.29) is 123 Å². The Bertz CT molecular complexity index is 6020. The van der Waals surface area contributed by atoms with E-state index in [9.17, 15) is 9.59 Å². The number of nitrogens with two attached hydrogens (primary N) is 2. The van der Waals surface area contributed by atoms with E-state index in [2.05, 4.69) is 200 Å². The van der Waals surface area contributed by atoms with E-state index < -0.39 is 11.2 Å². The van der Waals surface area contributed by atoms with E-state index in [0.29, 0.717) is 13.2 Å². The number of hydrogen-bond donors (Lipinski definition) is 5. The summed E-state index contributed by atoms with van der Waals surface area (Å²) in [4.78, 5) is 77.3. The van der Waals surface area contributed by atoms with Gasteiger partial charge in [0.25, 0.3) is 0 Å². The number of carbonyl (C=O) groups is 2. The molecule has 12 aromatic rings. The molecule has 0 aliphatic carbocycles. The van der Waals surface area contributed by atoms with Gasteiger partial charge in [0.05, 0.1) is 76.6 Å². The largest absolute Gasteiger partial charge is 1.00 e. The van der Waals surface area contributed by atoms with Crippen LogP contribution in [0.4, 0.5) is 27.4 Å². The van der Waals surface area contributed by atoms with Crippen molar-refractivity contribution in [2.75, 3.05) is 73.8 Å². The van der Waals surface area contributed by atoms with Gasteiger partial charge in [-0.1, -0.05) is 114 Å². The number of piperidine rings is 3. The number of amides is 2. The van der Waals surface area contributed by atoms with Crippen molar-refractivity contribution in [1.29, 1.82) is 5.53 Å². The van der Waals surface area contributed by atoms with E-state index in [1.807, 2.05) is 188 Å². The van der Waals surface area contributed by atoms with Gasteiger partial charge in [0.2, 0.25) is 17.8 Å². The number of nitrogens with one attached hydrogen (secondary N) is 3. The molecule has 9 aromatic heterocycles. The van der Waals surface area contributed by atoms with Gasteiger partial charge in [-0.3, -0.25) is 33.7 Å². The van der Waals surface area contributed by atoms with Crippen LogP contribution in [0.15, 0.2) is 268 Å². The normalized spacial score (nSPS) is 19.8. The second kappa shape index (κ2) is 46.6. The second-order valence-electron chi connectivity index (χ2n) is 32.8. The molecule has 0 unspecified atom stereocenters. The minimum Gasteiger partial charge on any atom is -0.813 e. The van der Waals surface area contributed by atoms with E-state index in [0.717, 1.165) is 176 Å². The topological polar surface area (TPSA) is 505 Å². The van der Waals surface area contributed by atoms with Gasteiger partial charge in [-0.05, 0) is 216 Å². The quantitative estimate of drug-likeness (QED) is 0.0114. The molecule has 7 N–H and O–H groups in total. The number of alkyl carbamates (subject to hydrolysis) is 2. The Labute approximate surface area is 802 Å². The number of ether oxygens (including phenoxy) is 5. The number of nitrogens with zero attached hydrogens (tertiary/aromatic N) is 30. The Morgan fingerprint density at radius 2 is 0.847 bits per heavy atom. The standard InChI is InChI=1S/C29H34N6O3S.C24H26N6OS.C20H28N5O3.C9H6BrN.2CH4.H3N17.Na.H2S/c1-19-24(33-27(36)38-28(2,3)4)29(18-37-19)10-14-34(15-11-29)26-32-17-23(25-31-13-16-35(25)26)39-22-9-12-30-21-8-6-5-7-20(21)22;1-16-21(25)24(15-31-16)7-11-29(12-8-24)23-28-14-20(22-27-10-13-30(22)23)32-19-6-9-26-18-5-3-2-4-17(18)19;1-14-16(23-18(26)28-19(2,3)4)20(13-27-14)6-10-24(11-7-20)17-22-8-5-15-21-9-12-25(15)17;10-8-5-6-11-9-4-2-1-3-7(8)9;;;1-3-5-7-9-11-13-15-17-16-14-12-10-8-6-4-2;;/h5-9,12-13,16-17,19,24H,10-11,14-15,18H2,1-4H3,(H,33,36);2-6,9-10,13-14,16,21H,7-8,11-12,15,25H2,1H3;8-9,12,14,16H,6-7,10-11,13H2,1-4H3,(H,23,26);1-6H;2*1H4;(H3,1,2,5,6,9,10,13,14,17);;1H2/q;;-1;;;;;+1;/p-1/t19-,24+;16-,21+;14-,16+;;;;;;/m000....../s1. The number of fused-ring (bicyclic) bond motifs is 6. The van der Waals surface area contributed by atoms with E-state index in [1.54, 1.807) is 42.1 Å². The third kappa shape index (κ3) is 25.1. The van der Waals surface area contributed by atoms with Crippen LogP contribution in [0.5, 0.6) is 0 Å². The molecule has 6 aliphatic rings. The molecule has 0 saturated carbocycles. The molecular formula is C84H106BrN35NaO7S3-. The molecule has 2 amide bonds. The number of benzene rings is 3. The summed E-state index contributed by atoms with van der Waals surface area (Å²) in [6, 6.07) is 33.5. The molecular weight excluding hydrogens is 1810 g/mol. The Balaban J connectivity index is 0.000000177. The average Bonchev–Trinajstić information content (AvgIpc) is 1.67. The number of aromatic nitrogens is 12. The fourth-order valence-electron chi connectivity index (χ4n) is 16.5. The van der Waals surface area contributed by atoms with E-state index in [4.69, 9.17) is 44.9 Å². The molecule has 6 fully saturated rings. The van der Waals surface area contributed by atoms with Gasteiger partial charge in [0.15, 0.2) is 11.3 Å². The zero-order valence-corrected chi connectivity index (χ0v) is 78.8. The maximum absolute atomic E-state index is 12.6. The minimum absolute atomic E-state index is 0. The van der Waals surface area contributed by atoms with Gasteiger partial charge >= 0.3 is 41.7 Å². The summed E-state index contributed by atoms with van der Waals surface area (Å²) >= 11 is 6.80. The number of halogens is 1. The Kier molecular flexibility index (Phi) is 36.2. The molecule has 6 atom stereocenters. The number of para-hydroxylation sites is 3. The third-order valence-corrected chi connectivity index (χ3v) is 25.5. The monoisotopic (exact) mass is 1910 g/mol. The average molecular weight is 1920 g/mol. The van der Waals surface area contributed by atoms with Gasteiger partial charge in [-0.25, -0.2) is 29.5 Å². The van der Waals surface area contributed by atoms with Crippen molar-refractivity contribution >= 4 is 133 Å². The Morgan fingerprint density at radius 3 is 1.26 bits per heavy atom. The smallest absolute Gasteiger partial charge is 0.813 e.